The average molecular weight is 530 g/mol. The Morgan fingerprint density at radius 2 is 1.45 bits per heavy atom. The summed E-state index contributed by atoms with van der Waals surface area (Å²) in [5.41, 5.74) is 10.1. The van der Waals surface area contributed by atoms with Gasteiger partial charge in [0.1, 0.15) is 0 Å². The van der Waals surface area contributed by atoms with E-state index in [1.807, 2.05) is 43.6 Å². The van der Waals surface area contributed by atoms with Crippen LogP contribution in [0.3, 0.4) is 0 Å². The van der Waals surface area contributed by atoms with Gasteiger partial charge in [-0.15, -0.1) is 0 Å². The summed E-state index contributed by atoms with van der Waals surface area (Å²) >= 11 is 0. The fourth-order valence-electron chi connectivity index (χ4n) is 6.12. The number of fused-ring (bicyclic) bond motifs is 1. The summed E-state index contributed by atoms with van der Waals surface area (Å²) in [6.07, 6.45) is 15.9. The standard InChI is InChI=1S/C27H29N.C11H10O.2H2/c1-2-21-4-3-5-27(20-21)26-12-10-24(11-13-26)18-22-6-8-23(9-7-22)19-25-14-16-28-17-15-25;1-8-6-10(12)7-9-4-2-3-5-11(8)9;;/h2-5,10-17,20,22-23H,1,6-9,18-19H2;2-6H,7H2,1H3;2*1H. The second-order valence-corrected chi connectivity index (χ2v) is 11.3. The maximum Gasteiger partial charge on any atom is 0.160 e. The van der Waals surface area contributed by atoms with E-state index in [0.29, 0.717) is 6.42 Å². The minimum atomic E-state index is 0. The summed E-state index contributed by atoms with van der Waals surface area (Å²) in [4.78, 5) is 15.3. The van der Waals surface area contributed by atoms with Crippen LogP contribution in [0.25, 0.3) is 22.8 Å². The number of pyridine rings is 1. The van der Waals surface area contributed by atoms with Gasteiger partial charge in [-0.25, -0.2) is 0 Å². The van der Waals surface area contributed by atoms with Gasteiger partial charge in [0, 0.05) is 21.7 Å². The monoisotopic (exact) mass is 529 g/mol. The van der Waals surface area contributed by atoms with E-state index >= 15 is 0 Å². The molecule has 0 saturated heterocycles. The largest absolute Gasteiger partial charge is 0.294 e. The van der Waals surface area contributed by atoms with Crippen LogP contribution in [0.2, 0.25) is 0 Å². The first kappa shape index (κ1) is 27.5. The summed E-state index contributed by atoms with van der Waals surface area (Å²) in [5, 5.41) is 0. The minimum Gasteiger partial charge on any atom is -0.294 e. The van der Waals surface area contributed by atoms with Gasteiger partial charge in [0.05, 0.1) is 0 Å². The topological polar surface area (TPSA) is 30.0 Å². The van der Waals surface area contributed by atoms with Crippen LogP contribution in [-0.4, -0.2) is 10.8 Å². The number of ketones is 1. The molecule has 2 heteroatoms. The number of carbonyl (C=O) groups excluding carboxylic acids is 1. The fraction of sp³-hybridized carbons (Fsp3) is 0.263. The Labute approximate surface area is 242 Å². The Morgan fingerprint density at radius 1 is 0.800 bits per heavy atom. The number of allylic oxidation sites excluding steroid dienone is 2. The quantitative estimate of drug-likeness (QED) is 0.249. The van der Waals surface area contributed by atoms with Crippen LogP contribution in [0.15, 0.2) is 110 Å². The second-order valence-electron chi connectivity index (χ2n) is 11.3. The first-order chi connectivity index (χ1) is 19.6. The van der Waals surface area contributed by atoms with Crippen LogP contribution >= 0.6 is 0 Å². The molecule has 6 rings (SSSR count). The lowest BCUT2D eigenvalue weighted by Gasteiger charge is -2.28. The van der Waals surface area contributed by atoms with Gasteiger partial charge in [-0.1, -0.05) is 79.4 Å². The number of nitrogens with zero attached hydrogens (tertiary/aromatic N) is 1. The molecule has 1 fully saturated rings. The van der Waals surface area contributed by atoms with Gasteiger partial charge in [-0.05, 0) is 126 Å². The summed E-state index contributed by atoms with van der Waals surface area (Å²) in [7, 11) is 0. The molecular weight excluding hydrogens is 486 g/mol. The Kier molecular flexibility index (Phi) is 9.18. The smallest absolute Gasteiger partial charge is 0.160 e. The van der Waals surface area contributed by atoms with Gasteiger partial charge < -0.3 is 0 Å². The van der Waals surface area contributed by atoms with Crippen molar-refractivity contribution in [2.75, 3.05) is 0 Å². The van der Waals surface area contributed by atoms with Crippen molar-refractivity contribution in [3.63, 3.8) is 0 Å². The van der Waals surface area contributed by atoms with Crippen molar-refractivity contribution in [3.05, 3.63) is 138 Å². The van der Waals surface area contributed by atoms with Crippen LogP contribution < -0.4 is 0 Å². The van der Waals surface area contributed by atoms with Gasteiger partial charge >= 0.3 is 0 Å². The maximum atomic E-state index is 11.2. The van der Waals surface area contributed by atoms with Crippen LogP contribution in [0.1, 0.15) is 63.3 Å². The number of hydrogen-bond donors (Lipinski definition) is 0. The number of hydrogen-bond acceptors (Lipinski definition) is 2. The molecule has 0 N–H and O–H groups in total. The summed E-state index contributed by atoms with van der Waals surface area (Å²) in [6.45, 7) is 5.85. The Balaban J connectivity index is 0.000000291. The van der Waals surface area contributed by atoms with E-state index in [2.05, 4.69) is 78.3 Å². The van der Waals surface area contributed by atoms with Crippen molar-refractivity contribution < 1.29 is 7.65 Å². The average Bonchev–Trinajstić information content (AvgIpc) is 2.99. The molecule has 0 radical (unpaired) electrons. The molecule has 0 atom stereocenters. The first-order valence-electron chi connectivity index (χ1n) is 14.6. The third-order valence-electron chi connectivity index (χ3n) is 8.36. The Morgan fingerprint density at radius 3 is 2.12 bits per heavy atom. The Hall–Kier alpha value is -4.04. The molecule has 0 amide bonds. The molecule has 0 bridgehead atoms. The van der Waals surface area contributed by atoms with E-state index in [-0.39, 0.29) is 8.64 Å². The second kappa shape index (κ2) is 13.3. The van der Waals surface area contributed by atoms with Gasteiger partial charge in [0.2, 0.25) is 0 Å². The molecular formula is C38H43NO. The van der Waals surface area contributed by atoms with E-state index in [1.165, 1.54) is 71.9 Å². The lowest BCUT2D eigenvalue weighted by atomic mass is 9.77. The van der Waals surface area contributed by atoms with Crippen LogP contribution in [0.4, 0.5) is 0 Å². The normalized spacial score (nSPS) is 18.1. The number of carbonyl (C=O) groups is 1. The highest BCUT2D eigenvalue weighted by Crippen LogP contribution is 2.33. The predicted octanol–water partition coefficient (Wildman–Crippen LogP) is 9.69. The van der Waals surface area contributed by atoms with Crippen molar-refractivity contribution >= 4 is 17.4 Å². The minimum absolute atomic E-state index is 0. The molecule has 1 heterocycles. The number of benzene rings is 3. The highest BCUT2D eigenvalue weighted by molar-refractivity contribution is 6.01. The first-order valence-corrected chi connectivity index (χ1v) is 14.6. The van der Waals surface area contributed by atoms with Crippen molar-refractivity contribution in [3.8, 4) is 11.1 Å². The number of rotatable bonds is 6. The van der Waals surface area contributed by atoms with Crippen LogP contribution in [-0.2, 0) is 24.1 Å². The zero-order chi connectivity index (χ0) is 27.7. The van der Waals surface area contributed by atoms with Crippen molar-refractivity contribution in [2.45, 2.75) is 51.9 Å². The summed E-state index contributed by atoms with van der Waals surface area (Å²) < 4.78 is 0. The zero-order valence-corrected chi connectivity index (χ0v) is 23.6. The van der Waals surface area contributed by atoms with Gasteiger partial charge in [0.25, 0.3) is 0 Å². The molecule has 2 aliphatic carbocycles. The highest BCUT2D eigenvalue weighted by Gasteiger charge is 2.21. The molecule has 0 unspecified atom stereocenters. The third kappa shape index (κ3) is 7.33. The zero-order valence-electron chi connectivity index (χ0n) is 23.6. The third-order valence-corrected chi connectivity index (χ3v) is 8.36. The molecule has 40 heavy (non-hydrogen) atoms. The molecule has 2 nitrogen and oxygen atoms in total. The molecule has 0 spiro atoms. The molecule has 3 aromatic carbocycles. The lowest BCUT2D eigenvalue weighted by Crippen LogP contribution is -2.18. The molecule has 4 aromatic rings. The van der Waals surface area contributed by atoms with Crippen LogP contribution in [0, 0.1) is 11.8 Å². The van der Waals surface area contributed by atoms with Crippen molar-refractivity contribution in [2.24, 2.45) is 11.8 Å². The van der Waals surface area contributed by atoms with E-state index < -0.39 is 0 Å². The lowest BCUT2D eigenvalue weighted by molar-refractivity contribution is -0.114. The Bertz CT molecular complexity index is 1470. The van der Waals surface area contributed by atoms with Crippen LogP contribution in [0.5, 0.6) is 0 Å². The van der Waals surface area contributed by atoms with E-state index in [0.717, 1.165) is 23.0 Å². The molecule has 0 aliphatic heterocycles. The summed E-state index contributed by atoms with van der Waals surface area (Å²) in [5.74, 6) is 1.90. The van der Waals surface area contributed by atoms with E-state index in [1.54, 1.807) is 6.08 Å². The van der Waals surface area contributed by atoms with E-state index in [4.69, 9.17) is 0 Å². The molecule has 2 aliphatic rings. The SMILES string of the molecule is C=Cc1cccc(-c2ccc(CC3CCC(Cc4ccncc4)CC3)cc2)c1.CC1=CC(=O)Cc2ccccc21.[HH].[HH]. The summed E-state index contributed by atoms with van der Waals surface area (Å²) in [6, 6.07) is 30.1. The molecule has 1 aromatic heterocycles. The number of aromatic nitrogens is 1. The van der Waals surface area contributed by atoms with Crippen molar-refractivity contribution in [1.29, 1.82) is 0 Å². The van der Waals surface area contributed by atoms with Crippen molar-refractivity contribution in [1.82, 2.24) is 4.98 Å². The van der Waals surface area contributed by atoms with Gasteiger partial charge in [-0.2, -0.15) is 0 Å². The highest BCUT2D eigenvalue weighted by atomic mass is 16.1. The molecule has 206 valence electrons. The van der Waals surface area contributed by atoms with E-state index in [9.17, 15) is 4.79 Å². The fourth-order valence-corrected chi connectivity index (χ4v) is 6.12. The maximum absolute atomic E-state index is 11.2. The van der Waals surface area contributed by atoms with Gasteiger partial charge in [0.15, 0.2) is 5.78 Å². The molecule has 1 saturated carbocycles. The van der Waals surface area contributed by atoms with Gasteiger partial charge in [-0.3, -0.25) is 9.78 Å². The predicted molar refractivity (Wildman–Crippen MR) is 172 cm³/mol.